The number of hydrogen-bond donors (Lipinski definition) is 0. The Balaban J connectivity index is 1.57. The van der Waals surface area contributed by atoms with Crippen molar-refractivity contribution in [2.75, 3.05) is 5.75 Å². The van der Waals surface area contributed by atoms with Gasteiger partial charge >= 0.3 is 5.51 Å². The van der Waals surface area contributed by atoms with Gasteiger partial charge in [0.05, 0.1) is 11.3 Å². The molecule has 6 nitrogen and oxygen atoms in total. The summed E-state index contributed by atoms with van der Waals surface area (Å²) in [6.07, 6.45) is 6.74. The molecule has 1 saturated carbocycles. The fraction of sp³-hybridized carbons (Fsp3) is 0.261. The zero-order valence-corrected chi connectivity index (χ0v) is 19.6. The molecule has 0 spiro atoms. The third-order valence-corrected chi connectivity index (χ3v) is 8.04. The summed E-state index contributed by atoms with van der Waals surface area (Å²) in [6.45, 7) is 1.54. The minimum Gasteiger partial charge on any atom is -0.249 e. The Kier molecular flexibility index (Phi) is 5.64. The molecule has 0 unspecified atom stereocenters. The number of thioether (sulfide) groups is 1. The molecule has 0 saturated heterocycles. The molecule has 11 heteroatoms. The van der Waals surface area contributed by atoms with Crippen molar-refractivity contribution in [3.63, 3.8) is 0 Å². The van der Waals surface area contributed by atoms with E-state index < -0.39 is 15.3 Å². The molecular formula is C23H19F3N4O2S2. The Bertz CT molecular complexity index is 1480. The first-order chi connectivity index (χ1) is 16.1. The largest absolute Gasteiger partial charge is 0.447 e. The van der Waals surface area contributed by atoms with Crippen LogP contribution in [-0.2, 0) is 9.84 Å². The van der Waals surface area contributed by atoms with Crippen molar-refractivity contribution in [3.8, 4) is 16.9 Å². The number of hydrogen-bond acceptors (Lipinski definition) is 6. The molecule has 1 aliphatic carbocycles. The minimum absolute atomic E-state index is 0.00410. The van der Waals surface area contributed by atoms with E-state index in [2.05, 4.69) is 27.2 Å². The number of rotatable bonds is 6. The SMILES string of the molecule is CCS(=O)(=O)c1cc(-c2ccc(C3CC3)cc2)cnc1-n1cc2cnc(SC(F)(F)F)cc2n1. The summed E-state index contributed by atoms with van der Waals surface area (Å²) in [6, 6.07) is 10.8. The van der Waals surface area contributed by atoms with Crippen molar-refractivity contribution in [1.29, 1.82) is 0 Å². The quantitative estimate of drug-likeness (QED) is 0.311. The van der Waals surface area contributed by atoms with Crippen LogP contribution in [-0.4, -0.2) is 39.4 Å². The van der Waals surface area contributed by atoms with Crippen LogP contribution < -0.4 is 0 Å². The maximum absolute atomic E-state index is 12.9. The standard InChI is InChI=1S/C23H19F3N4O2S2/c1-2-34(31,32)20-9-17(16-7-5-15(6-8-16)14-3-4-14)11-28-22(20)30-13-18-12-27-21(10-19(18)29-30)33-23(24,25)26/h5-14H,2-4H2,1H3. The van der Waals surface area contributed by atoms with Gasteiger partial charge in [0, 0.05) is 41.3 Å². The van der Waals surface area contributed by atoms with Crippen molar-refractivity contribution < 1.29 is 21.6 Å². The number of benzene rings is 1. The van der Waals surface area contributed by atoms with E-state index in [0.717, 1.165) is 5.56 Å². The third kappa shape index (κ3) is 4.67. The molecule has 34 heavy (non-hydrogen) atoms. The summed E-state index contributed by atoms with van der Waals surface area (Å²) in [5.41, 5.74) is -1.45. The van der Waals surface area contributed by atoms with E-state index in [9.17, 15) is 21.6 Å². The second-order valence-corrected chi connectivity index (χ2v) is 11.4. The summed E-state index contributed by atoms with van der Waals surface area (Å²) in [5, 5.41) is 4.51. The first-order valence-electron chi connectivity index (χ1n) is 10.6. The van der Waals surface area contributed by atoms with Crippen LogP contribution in [0.3, 0.4) is 0 Å². The molecular weight excluding hydrogens is 485 g/mol. The maximum atomic E-state index is 12.9. The van der Waals surface area contributed by atoms with Crippen LogP contribution in [0.5, 0.6) is 0 Å². The van der Waals surface area contributed by atoms with Crippen LogP contribution in [0.2, 0.25) is 0 Å². The molecule has 0 atom stereocenters. The number of alkyl halides is 3. The first-order valence-corrected chi connectivity index (χ1v) is 13.0. The lowest BCUT2D eigenvalue weighted by Crippen LogP contribution is -2.11. The summed E-state index contributed by atoms with van der Waals surface area (Å²) in [5.74, 6) is 0.561. The number of fused-ring (bicyclic) bond motifs is 1. The Morgan fingerprint density at radius 1 is 1.06 bits per heavy atom. The lowest BCUT2D eigenvalue weighted by Gasteiger charge is -2.11. The van der Waals surface area contributed by atoms with E-state index >= 15 is 0 Å². The smallest absolute Gasteiger partial charge is 0.249 e. The van der Waals surface area contributed by atoms with Crippen LogP contribution in [0.4, 0.5) is 13.2 Å². The molecule has 0 amide bonds. The highest BCUT2D eigenvalue weighted by Crippen LogP contribution is 2.40. The summed E-state index contributed by atoms with van der Waals surface area (Å²) in [4.78, 5) is 8.22. The number of halogens is 3. The van der Waals surface area contributed by atoms with Crippen LogP contribution in [0.25, 0.3) is 27.8 Å². The van der Waals surface area contributed by atoms with Gasteiger partial charge in [0.2, 0.25) is 0 Å². The number of pyridine rings is 2. The number of sulfone groups is 1. The molecule has 1 aliphatic rings. The van der Waals surface area contributed by atoms with Crippen LogP contribution in [0.1, 0.15) is 31.2 Å². The van der Waals surface area contributed by atoms with E-state index in [-0.39, 0.29) is 38.8 Å². The van der Waals surface area contributed by atoms with E-state index in [0.29, 0.717) is 16.9 Å². The molecule has 1 aromatic carbocycles. The Hall–Kier alpha value is -2.92. The highest BCUT2D eigenvalue weighted by atomic mass is 32.2. The van der Waals surface area contributed by atoms with Gasteiger partial charge in [0.15, 0.2) is 15.7 Å². The molecule has 176 valence electrons. The van der Waals surface area contributed by atoms with Gasteiger partial charge in [-0.1, -0.05) is 31.2 Å². The fourth-order valence-corrected chi connectivity index (χ4v) is 5.25. The van der Waals surface area contributed by atoms with E-state index in [1.54, 1.807) is 19.2 Å². The van der Waals surface area contributed by atoms with Crippen molar-refractivity contribution in [2.45, 2.75) is 41.1 Å². The van der Waals surface area contributed by atoms with E-state index in [4.69, 9.17) is 0 Å². The lowest BCUT2D eigenvalue weighted by atomic mass is 10.0. The van der Waals surface area contributed by atoms with Crippen LogP contribution in [0, 0.1) is 0 Å². The Morgan fingerprint density at radius 2 is 1.79 bits per heavy atom. The molecule has 5 rings (SSSR count). The highest BCUT2D eigenvalue weighted by Gasteiger charge is 2.30. The molecule has 0 radical (unpaired) electrons. The van der Waals surface area contributed by atoms with Gasteiger partial charge in [-0.05, 0) is 42.0 Å². The number of aromatic nitrogens is 4. The van der Waals surface area contributed by atoms with E-state index in [1.165, 1.54) is 41.5 Å². The average Bonchev–Trinajstić information content (AvgIpc) is 3.57. The highest BCUT2D eigenvalue weighted by molar-refractivity contribution is 8.00. The molecule has 1 fully saturated rings. The average molecular weight is 505 g/mol. The molecule has 0 N–H and O–H groups in total. The predicted molar refractivity (Wildman–Crippen MR) is 124 cm³/mol. The monoisotopic (exact) mass is 504 g/mol. The van der Waals surface area contributed by atoms with Crippen LogP contribution in [0.15, 0.2) is 64.9 Å². The second-order valence-electron chi connectivity index (χ2n) is 8.05. The molecule has 0 bridgehead atoms. The van der Waals surface area contributed by atoms with E-state index in [1.807, 2.05) is 12.1 Å². The van der Waals surface area contributed by atoms with Crippen molar-refractivity contribution in [1.82, 2.24) is 19.7 Å². The Morgan fingerprint density at radius 3 is 2.44 bits per heavy atom. The van der Waals surface area contributed by atoms with Crippen LogP contribution >= 0.6 is 11.8 Å². The van der Waals surface area contributed by atoms with Crippen molar-refractivity contribution in [3.05, 3.63) is 60.6 Å². The molecule has 3 heterocycles. The van der Waals surface area contributed by atoms with Gasteiger partial charge in [-0.25, -0.2) is 23.1 Å². The molecule has 4 aromatic rings. The van der Waals surface area contributed by atoms with Crippen molar-refractivity contribution >= 4 is 32.5 Å². The third-order valence-electron chi connectivity index (χ3n) is 5.64. The maximum Gasteiger partial charge on any atom is 0.447 e. The normalized spacial score (nSPS) is 14.6. The predicted octanol–water partition coefficient (Wildman–Crippen LogP) is 5.77. The zero-order valence-electron chi connectivity index (χ0n) is 18.0. The topological polar surface area (TPSA) is 77.7 Å². The zero-order chi connectivity index (χ0) is 24.1. The lowest BCUT2D eigenvalue weighted by molar-refractivity contribution is -0.0329. The number of nitrogens with zero attached hydrogens (tertiary/aromatic N) is 4. The first kappa shape index (κ1) is 22.9. The van der Waals surface area contributed by atoms with Gasteiger partial charge < -0.3 is 0 Å². The molecule has 0 aliphatic heterocycles. The van der Waals surface area contributed by atoms with Crippen molar-refractivity contribution in [2.24, 2.45) is 0 Å². The summed E-state index contributed by atoms with van der Waals surface area (Å²) >= 11 is -0.334. The minimum atomic E-state index is -4.47. The Labute approximate surface area is 198 Å². The summed E-state index contributed by atoms with van der Waals surface area (Å²) < 4.78 is 65.2. The fourth-order valence-electron chi connectivity index (χ4n) is 3.70. The van der Waals surface area contributed by atoms with Gasteiger partial charge in [-0.3, -0.25) is 0 Å². The summed E-state index contributed by atoms with van der Waals surface area (Å²) in [7, 11) is -3.68. The van der Waals surface area contributed by atoms with Gasteiger partial charge in [-0.2, -0.15) is 18.3 Å². The van der Waals surface area contributed by atoms with Gasteiger partial charge in [0.25, 0.3) is 0 Å². The van der Waals surface area contributed by atoms with Gasteiger partial charge in [-0.15, -0.1) is 0 Å². The molecule has 3 aromatic heterocycles. The second kappa shape index (κ2) is 8.38. The van der Waals surface area contributed by atoms with Gasteiger partial charge in [0.1, 0.15) is 9.92 Å².